The molecule has 1 aliphatic rings. The number of alkyl halides is 3. The molecular weight excluding hydrogens is 361 g/mol. The fourth-order valence-electron chi connectivity index (χ4n) is 2.91. The summed E-state index contributed by atoms with van der Waals surface area (Å²) in [6.07, 6.45) is -2.69. The highest BCUT2D eigenvalue weighted by molar-refractivity contribution is 5.98. The Morgan fingerprint density at radius 2 is 1.89 bits per heavy atom. The van der Waals surface area contributed by atoms with Gasteiger partial charge in [-0.3, -0.25) is 4.79 Å². The molecule has 1 aromatic heterocycles. The largest absolute Gasteiger partial charge is 0.421 e. The van der Waals surface area contributed by atoms with Gasteiger partial charge in [0.25, 0.3) is 5.91 Å². The van der Waals surface area contributed by atoms with Crippen LogP contribution in [0.1, 0.15) is 28.8 Å². The molecule has 1 fully saturated rings. The molecule has 0 radical (unpaired) electrons. The molecule has 1 amide bonds. The Kier molecular flexibility index (Phi) is 5.17. The number of para-hydroxylation sites is 1. The molecular formula is C17H19F3N6O. The number of primary amides is 1. The standard InChI is InChI=1S/C17H19F3N6O/c18-17(19,20)12-9-23-16(24-13-4-2-1-3-11(13)14(22)27)25-15(12)26-7-5-10(21)6-8-26/h1-4,9-10H,5-8,21H2,(H2,22,27)(H,23,24,25). The minimum Gasteiger partial charge on any atom is -0.366 e. The van der Waals surface area contributed by atoms with Crippen LogP contribution in [0.2, 0.25) is 0 Å². The molecule has 144 valence electrons. The number of amides is 1. The Labute approximate surface area is 153 Å². The molecule has 2 aromatic rings. The summed E-state index contributed by atoms with van der Waals surface area (Å²) < 4.78 is 40.2. The molecule has 2 heterocycles. The normalized spacial score (nSPS) is 15.6. The lowest BCUT2D eigenvalue weighted by Gasteiger charge is -2.32. The first-order chi connectivity index (χ1) is 12.8. The molecule has 0 atom stereocenters. The van der Waals surface area contributed by atoms with E-state index in [1.54, 1.807) is 23.1 Å². The van der Waals surface area contributed by atoms with Gasteiger partial charge in [0.2, 0.25) is 5.95 Å². The van der Waals surface area contributed by atoms with Gasteiger partial charge < -0.3 is 21.7 Å². The number of nitrogens with zero attached hydrogens (tertiary/aromatic N) is 3. The van der Waals surface area contributed by atoms with E-state index >= 15 is 0 Å². The van der Waals surface area contributed by atoms with E-state index in [1.807, 2.05) is 0 Å². The summed E-state index contributed by atoms with van der Waals surface area (Å²) in [7, 11) is 0. The van der Waals surface area contributed by atoms with Gasteiger partial charge in [-0.25, -0.2) is 4.98 Å². The van der Waals surface area contributed by atoms with Gasteiger partial charge in [0.1, 0.15) is 11.4 Å². The van der Waals surface area contributed by atoms with Crippen molar-refractivity contribution < 1.29 is 18.0 Å². The second-order valence-corrected chi connectivity index (χ2v) is 6.29. The van der Waals surface area contributed by atoms with E-state index in [9.17, 15) is 18.0 Å². The number of nitrogens with two attached hydrogens (primary N) is 2. The fraction of sp³-hybridized carbons (Fsp3) is 0.353. The Morgan fingerprint density at radius 3 is 2.52 bits per heavy atom. The Morgan fingerprint density at radius 1 is 1.22 bits per heavy atom. The number of piperidine rings is 1. The third-order valence-corrected chi connectivity index (χ3v) is 4.35. The molecule has 0 saturated carbocycles. The summed E-state index contributed by atoms with van der Waals surface area (Å²) in [6, 6.07) is 6.33. The number of halogens is 3. The maximum absolute atomic E-state index is 13.4. The molecule has 0 unspecified atom stereocenters. The second-order valence-electron chi connectivity index (χ2n) is 6.29. The minimum absolute atomic E-state index is 0.0301. The summed E-state index contributed by atoms with van der Waals surface area (Å²) in [6.45, 7) is 0.747. The van der Waals surface area contributed by atoms with Crippen LogP contribution in [-0.4, -0.2) is 35.0 Å². The number of carbonyl (C=O) groups excluding carboxylic acids is 1. The van der Waals surface area contributed by atoms with Crippen LogP contribution in [0.25, 0.3) is 0 Å². The lowest BCUT2D eigenvalue weighted by atomic mass is 10.1. The van der Waals surface area contributed by atoms with Crippen LogP contribution in [0, 0.1) is 0 Å². The van der Waals surface area contributed by atoms with Crippen LogP contribution in [0.3, 0.4) is 0 Å². The van der Waals surface area contributed by atoms with Gasteiger partial charge in [0.05, 0.1) is 11.3 Å². The number of benzene rings is 1. The zero-order valence-electron chi connectivity index (χ0n) is 14.3. The van der Waals surface area contributed by atoms with Crippen molar-refractivity contribution in [3.8, 4) is 0 Å². The number of anilines is 3. The summed E-state index contributed by atoms with van der Waals surface area (Å²) in [4.78, 5) is 20.9. The SMILES string of the molecule is NC(=O)c1ccccc1Nc1ncc(C(F)(F)F)c(N2CCC(N)CC2)n1. The predicted molar refractivity (Wildman–Crippen MR) is 94.7 cm³/mol. The van der Waals surface area contributed by atoms with Crippen LogP contribution < -0.4 is 21.7 Å². The topological polar surface area (TPSA) is 110 Å². The van der Waals surface area contributed by atoms with Crippen molar-refractivity contribution in [3.63, 3.8) is 0 Å². The van der Waals surface area contributed by atoms with E-state index in [2.05, 4.69) is 15.3 Å². The molecule has 5 N–H and O–H groups in total. The van der Waals surface area contributed by atoms with E-state index in [1.165, 1.54) is 6.07 Å². The first-order valence-electron chi connectivity index (χ1n) is 8.36. The summed E-state index contributed by atoms with van der Waals surface area (Å²) >= 11 is 0. The number of hydrogen-bond acceptors (Lipinski definition) is 6. The number of hydrogen-bond donors (Lipinski definition) is 3. The van der Waals surface area contributed by atoms with Gasteiger partial charge in [0.15, 0.2) is 0 Å². The summed E-state index contributed by atoms with van der Waals surface area (Å²) in [5, 5.41) is 2.78. The zero-order chi connectivity index (χ0) is 19.6. The maximum Gasteiger partial charge on any atom is 0.421 e. The van der Waals surface area contributed by atoms with Gasteiger partial charge in [-0.05, 0) is 25.0 Å². The Bertz CT molecular complexity index is 834. The molecule has 7 nitrogen and oxygen atoms in total. The molecule has 0 bridgehead atoms. The third kappa shape index (κ3) is 4.27. The van der Waals surface area contributed by atoms with E-state index in [0.29, 0.717) is 31.6 Å². The molecule has 27 heavy (non-hydrogen) atoms. The van der Waals surface area contributed by atoms with Crippen LogP contribution in [0.15, 0.2) is 30.5 Å². The van der Waals surface area contributed by atoms with Crippen molar-refractivity contribution in [1.82, 2.24) is 9.97 Å². The summed E-state index contributed by atoms with van der Waals surface area (Å²) in [5.74, 6) is -0.930. The quantitative estimate of drug-likeness (QED) is 0.751. The average Bonchev–Trinajstić information content (AvgIpc) is 2.61. The molecule has 3 rings (SSSR count). The maximum atomic E-state index is 13.4. The van der Waals surface area contributed by atoms with Crippen molar-refractivity contribution in [3.05, 3.63) is 41.6 Å². The van der Waals surface area contributed by atoms with Gasteiger partial charge in [-0.1, -0.05) is 12.1 Å². The zero-order valence-corrected chi connectivity index (χ0v) is 14.3. The highest BCUT2D eigenvalue weighted by Gasteiger charge is 2.37. The molecule has 0 aliphatic carbocycles. The van der Waals surface area contributed by atoms with Gasteiger partial charge in [-0.2, -0.15) is 18.2 Å². The minimum atomic E-state index is -4.58. The molecule has 0 spiro atoms. The monoisotopic (exact) mass is 380 g/mol. The predicted octanol–water partition coefficient (Wildman–Crippen LogP) is 2.27. The first-order valence-corrected chi connectivity index (χ1v) is 8.36. The second kappa shape index (κ2) is 7.39. The van der Waals surface area contributed by atoms with E-state index in [0.717, 1.165) is 6.20 Å². The van der Waals surface area contributed by atoms with Crippen LogP contribution >= 0.6 is 0 Å². The first kappa shape index (κ1) is 18.9. The van der Waals surface area contributed by atoms with Gasteiger partial charge in [-0.15, -0.1) is 0 Å². The smallest absolute Gasteiger partial charge is 0.366 e. The highest BCUT2D eigenvalue weighted by Crippen LogP contribution is 2.36. The highest BCUT2D eigenvalue weighted by atomic mass is 19.4. The molecule has 1 saturated heterocycles. The fourth-order valence-corrected chi connectivity index (χ4v) is 2.91. The van der Waals surface area contributed by atoms with E-state index < -0.39 is 17.6 Å². The van der Waals surface area contributed by atoms with Crippen molar-refractivity contribution in [1.29, 1.82) is 0 Å². The lowest BCUT2D eigenvalue weighted by molar-refractivity contribution is -0.137. The van der Waals surface area contributed by atoms with Crippen molar-refractivity contribution >= 4 is 23.4 Å². The Balaban J connectivity index is 1.96. The van der Waals surface area contributed by atoms with Crippen LogP contribution in [0.5, 0.6) is 0 Å². The number of rotatable bonds is 4. The number of carbonyl (C=O) groups is 1. The Hall–Kier alpha value is -2.88. The van der Waals surface area contributed by atoms with E-state index in [-0.39, 0.29) is 23.4 Å². The molecule has 1 aromatic carbocycles. The lowest BCUT2D eigenvalue weighted by Crippen LogP contribution is -2.41. The average molecular weight is 380 g/mol. The van der Waals surface area contributed by atoms with Crippen molar-refractivity contribution in [2.75, 3.05) is 23.3 Å². The summed E-state index contributed by atoms with van der Waals surface area (Å²) in [5.41, 5.74) is 10.8. The van der Waals surface area contributed by atoms with Gasteiger partial charge >= 0.3 is 6.18 Å². The molecule has 10 heteroatoms. The number of nitrogens with one attached hydrogen (secondary N) is 1. The molecule has 1 aliphatic heterocycles. The van der Waals surface area contributed by atoms with Gasteiger partial charge in [0, 0.05) is 25.3 Å². The number of aromatic nitrogens is 2. The van der Waals surface area contributed by atoms with Crippen molar-refractivity contribution in [2.24, 2.45) is 11.5 Å². The van der Waals surface area contributed by atoms with Crippen LogP contribution in [-0.2, 0) is 6.18 Å². The van der Waals surface area contributed by atoms with Crippen molar-refractivity contribution in [2.45, 2.75) is 25.1 Å². The van der Waals surface area contributed by atoms with E-state index in [4.69, 9.17) is 11.5 Å². The third-order valence-electron chi connectivity index (χ3n) is 4.35. The van der Waals surface area contributed by atoms with Crippen LogP contribution in [0.4, 0.5) is 30.6 Å².